The summed E-state index contributed by atoms with van der Waals surface area (Å²) in [7, 11) is 0. The number of pyridine rings is 1. The van der Waals surface area contributed by atoms with Crippen molar-refractivity contribution in [2.45, 2.75) is 31.0 Å². The Kier molecular flexibility index (Phi) is 3.97. The van der Waals surface area contributed by atoms with Crippen molar-refractivity contribution in [1.82, 2.24) is 9.88 Å². The van der Waals surface area contributed by atoms with E-state index >= 15 is 0 Å². The molecule has 2 aromatic rings. The molecule has 0 radical (unpaired) electrons. The minimum absolute atomic E-state index is 0.0613. The first-order chi connectivity index (χ1) is 11.7. The van der Waals surface area contributed by atoms with E-state index in [4.69, 9.17) is 14.4 Å². The predicted molar refractivity (Wildman–Crippen MR) is 88.3 cm³/mol. The smallest absolute Gasteiger partial charge is 0.142 e. The summed E-state index contributed by atoms with van der Waals surface area (Å²) in [6.07, 6.45) is 5.54. The van der Waals surface area contributed by atoms with Crippen molar-refractivity contribution in [2.24, 2.45) is 0 Å². The number of nitrogens with zero attached hydrogens (tertiary/aromatic N) is 3. The van der Waals surface area contributed by atoms with E-state index in [-0.39, 0.29) is 11.6 Å². The number of furan rings is 1. The van der Waals surface area contributed by atoms with Crippen molar-refractivity contribution in [2.75, 3.05) is 25.0 Å². The van der Waals surface area contributed by atoms with Crippen LogP contribution in [0, 0.1) is 11.3 Å². The van der Waals surface area contributed by atoms with Crippen molar-refractivity contribution in [3.05, 3.63) is 48.0 Å². The lowest BCUT2D eigenvalue weighted by atomic mass is 9.97. The highest BCUT2D eigenvalue weighted by molar-refractivity contribution is 5.39. The minimum atomic E-state index is -0.0613. The van der Waals surface area contributed by atoms with E-state index in [0.717, 1.165) is 38.3 Å². The van der Waals surface area contributed by atoms with E-state index in [1.54, 1.807) is 18.6 Å². The van der Waals surface area contributed by atoms with Gasteiger partial charge < -0.3 is 14.5 Å². The normalized spacial score (nSPS) is 26.7. The molecule has 4 rings (SSSR count). The highest BCUT2D eigenvalue weighted by Gasteiger charge is 2.45. The Morgan fingerprint density at radius 1 is 1.42 bits per heavy atom. The van der Waals surface area contributed by atoms with Gasteiger partial charge in [0.2, 0.25) is 0 Å². The molecule has 2 fully saturated rings. The first-order valence-corrected chi connectivity index (χ1v) is 8.26. The van der Waals surface area contributed by atoms with E-state index in [1.807, 2.05) is 18.2 Å². The van der Waals surface area contributed by atoms with Crippen LogP contribution in [-0.4, -0.2) is 41.2 Å². The monoisotopic (exact) mass is 324 g/mol. The summed E-state index contributed by atoms with van der Waals surface area (Å²) in [5.74, 6) is 0.743. The SMILES string of the molecule is N#Cc1cccc(N[C@H]2CO[C@]3(CCN(Cc4ccoc4)C3)C2)n1. The maximum absolute atomic E-state index is 8.95. The van der Waals surface area contributed by atoms with E-state index in [2.05, 4.69) is 21.3 Å². The number of hydrogen-bond acceptors (Lipinski definition) is 6. The second-order valence-electron chi connectivity index (χ2n) is 6.65. The average Bonchev–Trinajstić information content (AvgIpc) is 3.32. The number of hydrogen-bond donors (Lipinski definition) is 1. The summed E-state index contributed by atoms with van der Waals surface area (Å²) in [4.78, 5) is 6.70. The second-order valence-corrected chi connectivity index (χ2v) is 6.65. The van der Waals surface area contributed by atoms with Crippen molar-refractivity contribution >= 4 is 5.82 Å². The number of aromatic nitrogens is 1. The van der Waals surface area contributed by atoms with Crippen LogP contribution in [0.5, 0.6) is 0 Å². The zero-order valence-electron chi connectivity index (χ0n) is 13.4. The van der Waals surface area contributed by atoms with Crippen LogP contribution in [-0.2, 0) is 11.3 Å². The van der Waals surface area contributed by atoms with E-state index in [0.29, 0.717) is 12.3 Å². The Morgan fingerprint density at radius 3 is 3.21 bits per heavy atom. The van der Waals surface area contributed by atoms with Gasteiger partial charge in [0.25, 0.3) is 0 Å². The van der Waals surface area contributed by atoms with Crippen LogP contribution in [0.25, 0.3) is 0 Å². The van der Waals surface area contributed by atoms with Crippen LogP contribution in [0.1, 0.15) is 24.1 Å². The van der Waals surface area contributed by atoms with E-state index in [9.17, 15) is 0 Å². The lowest BCUT2D eigenvalue weighted by Crippen LogP contribution is -2.33. The molecule has 0 amide bonds. The fourth-order valence-electron chi connectivity index (χ4n) is 3.71. The lowest BCUT2D eigenvalue weighted by Gasteiger charge is -2.23. The standard InChI is InChI=1S/C18H20N4O2/c19-9-15-2-1-3-17(20-15)21-16-8-18(24-12-16)5-6-22(13-18)10-14-4-7-23-11-14/h1-4,7,11,16H,5-6,8,10,12-13H2,(H,20,21)/t16-,18-/m1/s1. The molecule has 6 nitrogen and oxygen atoms in total. The van der Waals surface area contributed by atoms with Gasteiger partial charge in [0.15, 0.2) is 0 Å². The summed E-state index contributed by atoms with van der Waals surface area (Å²) in [5, 5.41) is 12.4. The maximum Gasteiger partial charge on any atom is 0.142 e. The Balaban J connectivity index is 1.35. The largest absolute Gasteiger partial charge is 0.472 e. The molecule has 1 N–H and O–H groups in total. The van der Waals surface area contributed by atoms with Gasteiger partial charge in [0.1, 0.15) is 17.6 Å². The molecule has 6 heteroatoms. The number of nitriles is 1. The molecular weight excluding hydrogens is 304 g/mol. The van der Waals surface area contributed by atoms with Gasteiger partial charge in [-0.2, -0.15) is 5.26 Å². The van der Waals surface area contributed by atoms with Crippen molar-refractivity contribution < 1.29 is 9.15 Å². The van der Waals surface area contributed by atoms with Crippen LogP contribution in [0.3, 0.4) is 0 Å². The van der Waals surface area contributed by atoms with Crippen LogP contribution in [0.4, 0.5) is 5.82 Å². The molecule has 0 unspecified atom stereocenters. The number of likely N-dealkylation sites (tertiary alicyclic amines) is 1. The number of nitrogens with one attached hydrogen (secondary N) is 1. The van der Waals surface area contributed by atoms with Gasteiger partial charge in [-0.15, -0.1) is 0 Å². The summed E-state index contributed by atoms with van der Waals surface area (Å²) in [5.41, 5.74) is 1.58. The minimum Gasteiger partial charge on any atom is -0.472 e. The zero-order chi connectivity index (χ0) is 16.4. The van der Waals surface area contributed by atoms with Crippen LogP contribution >= 0.6 is 0 Å². The Labute approximate surface area is 141 Å². The van der Waals surface area contributed by atoms with Gasteiger partial charge in [-0.1, -0.05) is 6.07 Å². The number of ether oxygens (including phenoxy) is 1. The summed E-state index contributed by atoms with van der Waals surface area (Å²) in [6.45, 7) is 3.57. The Morgan fingerprint density at radius 2 is 2.38 bits per heavy atom. The molecule has 0 aromatic carbocycles. The molecule has 0 saturated carbocycles. The molecule has 0 bridgehead atoms. The fourth-order valence-corrected chi connectivity index (χ4v) is 3.71. The third kappa shape index (κ3) is 3.14. The van der Waals surface area contributed by atoms with Gasteiger partial charge in [0, 0.05) is 31.6 Å². The van der Waals surface area contributed by atoms with Crippen LogP contribution in [0.2, 0.25) is 0 Å². The van der Waals surface area contributed by atoms with Crippen molar-refractivity contribution in [3.63, 3.8) is 0 Å². The zero-order valence-corrected chi connectivity index (χ0v) is 13.4. The molecule has 2 aromatic heterocycles. The van der Waals surface area contributed by atoms with Gasteiger partial charge in [-0.05, 0) is 24.6 Å². The summed E-state index contributed by atoms with van der Waals surface area (Å²) in [6, 6.07) is 9.77. The third-order valence-corrected chi connectivity index (χ3v) is 4.81. The highest BCUT2D eigenvalue weighted by Crippen LogP contribution is 2.36. The highest BCUT2D eigenvalue weighted by atomic mass is 16.5. The molecule has 24 heavy (non-hydrogen) atoms. The van der Waals surface area contributed by atoms with Gasteiger partial charge in [-0.25, -0.2) is 4.98 Å². The topological polar surface area (TPSA) is 74.3 Å². The van der Waals surface area contributed by atoms with Crippen molar-refractivity contribution in [1.29, 1.82) is 5.26 Å². The molecule has 2 atom stereocenters. The quantitative estimate of drug-likeness (QED) is 0.931. The number of rotatable bonds is 4. The van der Waals surface area contributed by atoms with Gasteiger partial charge in [-0.3, -0.25) is 4.90 Å². The van der Waals surface area contributed by atoms with Crippen LogP contribution in [0.15, 0.2) is 41.2 Å². The molecule has 1 spiro atoms. The maximum atomic E-state index is 8.95. The first kappa shape index (κ1) is 15.2. The summed E-state index contributed by atoms with van der Waals surface area (Å²) < 4.78 is 11.3. The molecule has 2 aliphatic heterocycles. The lowest BCUT2D eigenvalue weighted by molar-refractivity contribution is 0.0120. The van der Waals surface area contributed by atoms with E-state index < -0.39 is 0 Å². The first-order valence-electron chi connectivity index (χ1n) is 8.26. The second kappa shape index (κ2) is 6.27. The summed E-state index contributed by atoms with van der Waals surface area (Å²) >= 11 is 0. The fraction of sp³-hybridized carbons (Fsp3) is 0.444. The van der Waals surface area contributed by atoms with Gasteiger partial charge >= 0.3 is 0 Å². The predicted octanol–water partition coefficient (Wildman–Crippen LogP) is 2.39. The average molecular weight is 324 g/mol. The number of anilines is 1. The van der Waals surface area contributed by atoms with Crippen molar-refractivity contribution in [3.8, 4) is 6.07 Å². The Bertz CT molecular complexity index is 740. The van der Waals surface area contributed by atoms with E-state index in [1.165, 1.54) is 5.56 Å². The van der Waals surface area contributed by atoms with Crippen LogP contribution < -0.4 is 5.32 Å². The molecule has 0 aliphatic carbocycles. The Hall–Kier alpha value is -2.36. The van der Waals surface area contributed by atoms with Gasteiger partial charge in [0.05, 0.1) is 30.8 Å². The molecule has 2 saturated heterocycles. The molecule has 4 heterocycles. The molecule has 124 valence electrons. The molecule has 2 aliphatic rings. The molecular formula is C18H20N4O2. The third-order valence-electron chi connectivity index (χ3n) is 4.81.